The zero-order chi connectivity index (χ0) is 10.6. The van der Waals surface area contributed by atoms with Crippen molar-refractivity contribution in [2.45, 2.75) is 20.8 Å². The van der Waals surface area contributed by atoms with Gasteiger partial charge in [-0.15, -0.1) is 0 Å². The Hall–Kier alpha value is -1.55. The molecule has 0 bridgehead atoms. The van der Waals surface area contributed by atoms with Crippen molar-refractivity contribution in [3.63, 3.8) is 0 Å². The van der Waals surface area contributed by atoms with E-state index in [4.69, 9.17) is 0 Å². The highest BCUT2D eigenvalue weighted by atomic mass is 16.1. The first-order valence-corrected chi connectivity index (χ1v) is 4.61. The van der Waals surface area contributed by atoms with E-state index in [1.165, 1.54) is 0 Å². The lowest BCUT2D eigenvalue weighted by molar-refractivity contribution is 0.105. The van der Waals surface area contributed by atoms with Gasteiger partial charge in [-0.3, -0.25) is 4.79 Å². The molecule has 0 aliphatic rings. The number of rotatable bonds is 1. The highest BCUT2D eigenvalue weighted by Gasteiger charge is 2.05. The molecule has 0 fully saturated rings. The number of benzene rings is 1. The molecule has 14 heavy (non-hydrogen) atoms. The van der Waals surface area contributed by atoms with Gasteiger partial charge in [-0.05, 0) is 26.7 Å². The lowest BCUT2D eigenvalue weighted by atomic mass is 9.97. The monoisotopic (exact) mass is 186 g/mol. The Morgan fingerprint density at radius 2 is 1.71 bits per heavy atom. The molecule has 0 saturated carbocycles. The van der Waals surface area contributed by atoms with E-state index < -0.39 is 0 Å². The minimum atomic E-state index is -0.121. The van der Waals surface area contributed by atoms with Gasteiger partial charge in [0, 0.05) is 11.0 Å². The molecule has 0 radical (unpaired) electrons. The van der Waals surface area contributed by atoms with Crippen molar-refractivity contribution in [2.75, 3.05) is 0 Å². The molecule has 0 amide bonds. The molecule has 0 aliphatic heterocycles. The van der Waals surface area contributed by atoms with Crippen LogP contribution in [0.15, 0.2) is 30.3 Å². The summed E-state index contributed by atoms with van der Waals surface area (Å²) >= 11 is 0. The van der Waals surface area contributed by atoms with E-state index in [1.54, 1.807) is 12.1 Å². The lowest BCUT2D eigenvalue weighted by Crippen LogP contribution is -2.02. The van der Waals surface area contributed by atoms with E-state index in [1.807, 2.05) is 39.0 Å². The number of hydrogen-bond donors (Lipinski definition) is 0. The molecule has 1 heteroatoms. The van der Waals surface area contributed by atoms with Gasteiger partial charge in [0.2, 0.25) is 5.78 Å². The Morgan fingerprint density at radius 1 is 1.14 bits per heavy atom. The third-order valence-electron chi connectivity index (χ3n) is 1.59. The second-order valence-electron chi connectivity index (χ2n) is 4.20. The van der Waals surface area contributed by atoms with Gasteiger partial charge in [0.05, 0.1) is 0 Å². The third-order valence-corrected chi connectivity index (χ3v) is 1.59. The van der Waals surface area contributed by atoms with Crippen LogP contribution >= 0.6 is 0 Å². The summed E-state index contributed by atoms with van der Waals surface area (Å²) in [7, 11) is 0. The number of Topliss-reactive ketones (excluding diaryl/α,β-unsaturated/α-hetero) is 1. The Balaban J connectivity index is 2.82. The van der Waals surface area contributed by atoms with Crippen molar-refractivity contribution in [3.8, 4) is 11.8 Å². The van der Waals surface area contributed by atoms with E-state index in [0.29, 0.717) is 5.56 Å². The minimum Gasteiger partial charge on any atom is -0.279 e. The fourth-order valence-electron chi connectivity index (χ4n) is 0.906. The zero-order valence-electron chi connectivity index (χ0n) is 8.79. The van der Waals surface area contributed by atoms with E-state index >= 15 is 0 Å². The second kappa shape index (κ2) is 4.11. The normalized spacial score (nSPS) is 10.2. The Morgan fingerprint density at radius 3 is 2.21 bits per heavy atom. The molecule has 0 atom stereocenters. The van der Waals surface area contributed by atoms with Crippen LogP contribution in [0.1, 0.15) is 31.1 Å². The Labute approximate surface area is 85.1 Å². The fraction of sp³-hybridized carbons (Fsp3) is 0.308. The minimum absolute atomic E-state index is 0.111. The van der Waals surface area contributed by atoms with E-state index in [2.05, 4.69) is 11.8 Å². The number of carbonyl (C=O) groups excluding carboxylic acids is 1. The molecule has 0 unspecified atom stereocenters. The molecule has 0 heterocycles. The first-order valence-electron chi connectivity index (χ1n) is 4.61. The van der Waals surface area contributed by atoms with Crippen molar-refractivity contribution >= 4 is 5.78 Å². The SMILES string of the molecule is CC(C)(C)C#CC(=O)c1ccccc1. The maximum absolute atomic E-state index is 11.5. The van der Waals surface area contributed by atoms with Crippen LogP contribution in [0.4, 0.5) is 0 Å². The number of ketones is 1. The summed E-state index contributed by atoms with van der Waals surface area (Å²) in [5.74, 6) is 5.46. The maximum Gasteiger partial charge on any atom is 0.235 e. The lowest BCUT2D eigenvalue weighted by Gasteiger charge is -2.06. The fourth-order valence-corrected chi connectivity index (χ4v) is 0.906. The quantitative estimate of drug-likeness (QED) is 0.374. The molecule has 0 spiro atoms. The molecular formula is C13H14O. The predicted molar refractivity (Wildman–Crippen MR) is 58.0 cm³/mol. The highest BCUT2D eigenvalue weighted by Crippen LogP contribution is 2.10. The van der Waals surface area contributed by atoms with Crippen molar-refractivity contribution in [1.29, 1.82) is 0 Å². The van der Waals surface area contributed by atoms with Crippen LogP contribution in [0, 0.1) is 17.3 Å². The zero-order valence-corrected chi connectivity index (χ0v) is 8.79. The first-order chi connectivity index (χ1) is 6.49. The van der Waals surface area contributed by atoms with Gasteiger partial charge in [0.15, 0.2) is 0 Å². The van der Waals surface area contributed by atoms with Gasteiger partial charge in [0.25, 0.3) is 0 Å². The molecule has 1 nitrogen and oxygen atoms in total. The molecule has 0 aliphatic carbocycles. The molecule has 1 aromatic carbocycles. The van der Waals surface area contributed by atoms with Crippen LogP contribution < -0.4 is 0 Å². The summed E-state index contributed by atoms with van der Waals surface area (Å²) in [5.41, 5.74) is 0.536. The molecule has 0 N–H and O–H groups in total. The molecule has 1 aromatic rings. The number of carbonyl (C=O) groups is 1. The highest BCUT2D eigenvalue weighted by molar-refractivity contribution is 6.08. The smallest absolute Gasteiger partial charge is 0.235 e. The summed E-state index contributed by atoms with van der Waals surface area (Å²) in [4.78, 5) is 11.5. The van der Waals surface area contributed by atoms with Crippen LogP contribution in [0.25, 0.3) is 0 Å². The van der Waals surface area contributed by atoms with E-state index in [0.717, 1.165) is 0 Å². The van der Waals surface area contributed by atoms with Crippen molar-refractivity contribution in [2.24, 2.45) is 5.41 Å². The molecule has 1 rings (SSSR count). The molecule has 0 aromatic heterocycles. The van der Waals surface area contributed by atoms with Crippen LogP contribution in [0.2, 0.25) is 0 Å². The van der Waals surface area contributed by atoms with Crippen molar-refractivity contribution in [3.05, 3.63) is 35.9 Å². The van der Waals surface area contributed by atoms with Crippen molar-refractivity contribution < 1.29 is 4.79 Å². The summed E-state index contributed by atoms with van der Waals surface area (Å²) < 4.78 is 0. The molecular weight excluding hydrogens is 172 g/mol. The van der Waals surface area contributed by atoms with Crippen LogP contribution in [0.5, 0.6) is 0 Å². The summed E-state index contributed by atoms with van der Waals surface area (Å²) in [6.07, 6.45) is 0. The van der Waals surface area contributed by atoms with E-state index in [-0.39, 0.29) is 11.2 Å². The van der Waals surface area contributed by atoms with Crippen LogP contribution in [-0.4, -0.2) is 5.78 Å². The van der Waals surface area contributed by atoms with Gasteiger partial charge < -0.3 is 0 Å². The first kappa shape index (κ1) is 10.5. The van der Waals surface area contributed by atoms with Gasteiger partial charge in [-0.25, -0.2) is 0 Å². The summed E-state index contributed by atoms with van der Waals surface area (Å²) in [6, 6.07) is 9.12. The van der Waals surface area contributed by atoms with Gasteiger partial charge in [-0.1, -0.05) is 36.3 Å². The Kier molecular flexibility index (Phi) is 3.09. The average Bonchev–Trinajstić information content (AvgIpc) is 2.14. The topological polar surface area (TPSA) is 17.1 Å². The van der Waals surface area contributed by atoms with Gasteiger partial charge >= 0.3 is 0 Å². The predicted octanol–water partition coefficient (Wildman–Crippen LogP) is 2.92. The standard InChI is InChI=1S/C13H14O/c1-13(2,3)10-9-12(14)11-7-5-4-6-8-11/h4-8H,1-3H3. The molecule has 0 saturated heterocycles. The van der Waals surface area contributed by atoms with Crippen LogP contribution in [0.3, 0.4) is 0 Å². The largest absolute Gasteiger partial charge is 0.279 e. The second-order valence-corrected chi connectivity index (χ2v) is 4.20. The molecule has 72 valence electrons. The van der Waals surface area contributed by atoms with Gasteiger partial charge in [-0.2, -0.15) is 0 Å². The van der Waals surface area contributed by atoms with Crippen molar-refractivity contribution in [1.82, 2.24) is 0 Å². The summed E-state index contributed by atoms with van der Waals surface area (Å²) in [6.45, 7) is 5.95. The summed E-state index contributed by atoms with van der Waals surface area (Å²) in [5, 5.41) is 0. The number of hydrogen-bond acceptors (Lipinski definition) is 1. The van der Waals surface area contributed by atoms with E-state index in [9.17, 15) is 4.79 Å². The van der Waals surface area contributed by atoms with Gasteiger partial charge in [0.1, 0.15) is 0 Å². The van der Waals surface area contributed by atoms with Crippen LogP contribution in [-0.2, 0) is 0 Å². The third kappa shape index (κ3) is 3.45. The maximum atomic E-state index is 11.5. The Bertz CT molecular complexity index is 371. The average molecular weight is 186 g/mol.